The van der Waals surface area contributed by atoms with Crippen LogP contribution < -0.4 is 10.7 Å². The van der Waals surface area contributed by atoms with Crippen molar-refractivity contribution in [2.75, 3.05) is 5.32 Å². The molecule has 1 heterocycles. The Hall–Kier alpha value is -3.21. The molecule has 0 atom stereocenters. The maximum absolute atomic E-state index is 14.7. The van der Waals surface area contributed by atoms with Gasteiger partial charge in [-0.2, -0.15) is 0 Å². The van der Waals surface area contributed by atoms with E-state index in [1.807, 2.05) is 62.4 Å². The first-order valence-electron chi connectivity index (χ1n) is 9.62. The summed E-state index contributed by atoms with van der Waals surface area (Å²) in [5, 5.41) is 2.81. The van der Waals surface area contributed by atoms with Crippen LogP contribution in [0.5, 0.6) is 0 Å². The molecule has 0 aliphatic carbocycles. The van der Waals surface area contributed by atoms with E-state index in [2.05, 4.69) is 5.32 Å². The Morgan fingerprint density at radius 1 is 0.931 bits per heavy atom. The van der Waals surface area contributed by atoms with Crippen molar-refractivity contribution >= 4 is 11.6 Å². The lowest BCUT2D eigenvalue weighted by molar-refractivity contribution is 0.102. The molecule has 29 heavy (non-hydrogen) atoms. The van der Waals surface area contributed by atoms with Gasteiger partial charge in [-0.3, -0.25) is 9.59 Å². The van der Waals surface area contributed by atoms with Gasteiger partial charge in [-0.05, 0) is 50.8 Å². The molecule has 0 aliphatic rings. The smallest absolute Gasteiger partial charge is 0.261 e. The highest BCUT2D eigenvalue weighted by Crippen LogP contribution is 2.21. The minimum atomic E-state index is -0.879. The number of pyridine rings is 1. The van der Waals surface area contributed by atoms with Crippen molar-refractivity contribution in [3.63, 3.8) is 0 Å². The molecule has 0 fully saturated rings. The normalized spacial score (nSPS) is 10.8. The Kier molecular flexibility index (Phi) is 5.97. The molecule has 0 spiro atoms. The van der Waals surface area contributed by atoms with Crippen LogP contribution in [-0.4, -0.2) is 10.5 Å². The molecule has 0 aliphatic heterocycles. The maximum atomic E-state index is 14.7. The fraction of sp³-hybridized carbons (Fsp3) is 0.250. The van der Waals surface area contributed by atoms with Crippen molar-refractivity contribution in [2.24, 2.45) is 0 Å². The molecule has 2 aromatic carbocycles. The summed E-state index contributed by atoms with van der Waals surface area (Å²) >= 11 is 0. The summed E-state index contributed by atoms with van der Waals surface area (Å²) < 4.78 is 16.4. The first-order valence-corrected chi connectivity index (χ1v) is 9.62. The SMILES string of the molecule is Cc1cccc(C)c1NC(=O)c1c(C)n(CCc2ccccc2)c(C)c(F)c1=O. The van der Waals surface area contributed by atoms with Crippen LogP contribution in [0.25, 0.3) is 0 Å². The summed E-state index contributed by atoms with van der Waals surface area (Å²) in [6.45, 7) is 7.50. The number of amides is 1. The van der Waals surface area contributed by atoms with Crippen molar-refractivity contribution in [1.82, 2.24) is 4.57 Å². The van der Waals surface area contributed by atoms with E-state index >= 15 is 0 Å². The number of carbonyl (C=O) groups is 1. The number of benzene rings is 2. The summed E-state index contributed by atoms with van der Waals surface area (Å²) in [6, 6.07) is 15.5. The number of rotatable bonds is 5. The number of carbonyl (C=O) groups excluding carboxylic acids is 1. The molecule has 0 saturated heterocycles. The Labute approximate surface area is 170 Å². The number of para-hydroxylation sites is 1. The number of hydrogen-bond donors (Lipinski definition) is 1. The van der Waals surface area contributed by atoms with E-state index in [9.17, 15) is 14.0 Å². The highest BCUT2D eigenvalue weighted by atomic mass is 19.1. The van der Waals surface area contributed by atoms with Gasteiger partial charge in [-0.1, -0.05) is 48.5 Å². The molecule has 0 saturated carbocycles. The molecular weight excluding hydrogens is 367 g/mol. The lowest BCUT2D eigenvalue weighted by atomic mass is 10.1. The van der Waals surface area contributed by atoms with Gasteiger partial charge >= 0.3 is 0 Å². The minimum absolute atomic E-state index is 0.149. The Bertz CT molecular complexity index is 1100. The average Bonchev–Trinajstić information content (AvgIpc) is 2.70. The molecule has 0 unspecified atom stereocenters. The van der Waals surface area contributed by atoms with Crippen LogP contribution in [0.15, 0.2) is 53.3 Å². The second-order valence-electron chi connectivity index (χ2n) is 7.30. The number of nitrogens with zero attached hydrogens (tertiary/aromatic N) is 1. The molecule has 0 bridgehead atoms. The zero-order valence-corrected chi connectivity index (χ0v) is 17.2. The van der Waals surface area contributed by atoms with Crippen LogP contribution in [0.2, 0.25) is 0 Å². The van der Waals surface area contributed by atoms with Crippen molar-refractivity contribution in [3.05, 3.63) is 98.2 Å². The number of anilines is 1. The van der Waals surface area contributed by atoms with Crippen LogP contribution in [0.3, 0.4) is 0 Å². The second-order valence-corrected chi connectivity index (χ2v) is 7.30. The van der Waals surface area contributed by atoms with Gasteiger partial charge in [-0.25, -0.2) is 4.39 Å². The van der Waals surface area contributed by atoms with Gasteiger partial charge in [0.05, 0.1) is 5.69 Å². The molecule has 3 aromatic rings. The lowest BCUT2D eigenvalue weighted by Gasteiger charge is -2.19. The molecule has 4 nitrogen and oxygen atoms in total. The van der Waals surface area contributed by atoms with Crippen molar-refractivity contribution < 1.29 is 9.18 Å². The van der Waals surface area contributed by atoms with E-state index in [1.54, 1.807) is 18.4 Å². The van der Waals surface area contributed by atoms with Gasteiger partial charge in [-0.15, -0.1) is 0 Å². The number of hydrogen-bond acceptors (Lipinski definition) is 2. The second kappa shape index (κ2) is 8.43. The Balaban J connectivity index is 1.99. The minimum Gasteiger partial charge on any atom is -0.345 e. The van der Waals surface area contributed by atoms with Crippen LogP contribution in [0, 0.1) is 33.5 Å². The molecular formula is C24H25FN2O2. The largest absolute Gasteiger partial charge is 0.345 e. The lowest BCUT2D eigenvalue weighted by Crippen LogP contribution is -2.30. The van der Waals surface area contributed by atoms with Gasteiger partial charge in [0.2, 0.25) is 5.43 Å². The zero-order valence-electron chi connectivity index (χ0n) is 17.2. The molecule has 150 valence electrons. The standard InChI is InChI=1S/C24H25FN2O2/c1-15-9-8-10-16(2)22(15)26-24(29)20-17(3)27(18(4)21(25)23(20)28)14-13-19-11-6-5-7-12-19/h5-12H,13-14H2,1-4H3,(H,26,29). The highest BCUT2D eigenvalue weighted by Gasteiger charge is 2.23. The number of aromatic nitrogens is 1. The molecule has 3 rings (SSSR count). The molecule has 5 heteroatoms. The van der Waals surface area contributed by atoms with E-state index in [1.165, 1.54) is 0 Å². The summed E-state index contributed by atoms with van der Waals surface area (Å²) in [4.78, 5) is 25.5. The highest BCUT2D eigenvalue weighted by molar-refractivity contribution is 6.05. The monoisotopic (exact) mass is 392 g/mol. The topological polar surface area (TPSA) is 51.1 Å². The van der Waals surface area contributed by atoms with Crippen molar-refractivity contribution in [2.45, 2.75) is 40.7 Å². The first-order chi connectivity index (χ1) is 13.8. The van der Waals surface area contributed by atoms with Gasteiger partial charge in [0, 0.05) is 17.9 Å². The summed E-state index contributed by atoms with van der Waals surface area (Å²) in [5.41, 5.74) is 3.21. The van der Waals surface area contributed by atoms with E-state index in [0.29, 0.717) is 24.3 Å². The fourth-order valence-electron chi connectivity index (χ4n) is 3.62. The summed E-state index contributed by atoms with van der Waals surface area (Å²) in [5.74, 6) is -1.47. The van der Waals surface area contributed by atoms with Crippen molar-refractivity contribution in [1.29, 1.82) is 0 Å². The molecule has 1 N–H and O–H groups in total. The van der Waals surface area contributed by atoms with Crippen LogP contribution >= 0.6 is 0 Å². The van der Waals surface area contributed by atoms with E-state index in [-0.39, 0.29) is 11.3 Å². The maximum Gasteiger partial charge on any atom is 0.261 e. The Morgan fingerprint density at radius 2 is 1.55 bits per heavy atom. The van der Waals surface area contributed by atoms with Gasteiger partial charge < -0.3 is 9.88 Å². The average molecular weight is 392 g/mol. The van der Waals surface area contributed by atoms with Crippen LogP contribution in [0.1, 0.15) is 38.4 Å². The van der Waals surface area contributed by atoms with Gasteiger partial charge in [0.1, 0.15) is 5.56 Å². The number of halogens is 1. The quantitative estimate of drug-likeness (QED) is 0.683. The van der Waals surface area contributed by atoms with Gasteiger partial charge in [0.25, 0.3) is 5.91 Å². The Morgan fingerprint density at radius 3 is 2.17 bits per heavy atom. The first kappa shape index (κ1) is 20.5. The van der Waals surface area contributed by atoms with Crippen LogP contribution in [0.4, 0.5) is 10.1 Å². The summed E-state index contributed by atoms with van der Waals surface area (Å²) in [6.07, 6.45) is 0.669. The summed E-state index contributed by atoms with van der Waals surface area (Å²) in [7, 11) is 0. The van der Waals surface area contributed by atoms with E-state index in [4.69, 9.17) is 0 Å². The fourth-order valence-corrected chi connectivity index (χ4v) is 3.62. The third-order valence-electron chi connectivity index (χ3n) is 5.33. The van der Waals surface area contributed by atoms with E-state index in [0.717, 1.165) is 16.7 Å². The third kappa shape index (κ3) is 4.14. The van der Waals surface area contributed by atoms with Gasteiger partial charge in [0.15, 0.2) is 5.82 Å². The molecule has 1 amide bonds. The van der Waals surface area contributed by atoms with Crippen molar-refractivity contribution in [3.8, 4) is 0 Å². The number of aryl methyl sites for hydroxylation is 3. The molecule has 0 radical (unpaired) electrons. The predicted octanol–water partition coefficient (Wildman–Crippen LogP) is 4.72. The predicted molar refractivity (Wildman–Crippen MR) is 114 cm³/mol. The zero-order chi connectivity index (χ0) is 21.1. The van der Waals surface area contributed by atoms with E-state index < -0.39 is 17.2 Å². The third-order valence-corrected chi connectivity index (χ3v) is 5.33. The molecule has 1 aromatic heterocycles. The van der Waals surface area contributed by atoms with Crippen LogP contribution in [-0.2, 0) is 13.0 Å². The number of nitrogens with one attached hydrogen (secondary N) is 1.